The Bertz CT molecular complexity index is 944. The van der Waals surface area contributed by atoms with Gasteiger partial charge in [-0.2, -0.15) is 4.73 Å². The van der Waals surface area contributed by atoms with Crippen molar-refractivity contribution in [2.75, 3.05) is 12.4 Å². The molecule has 0 saturated heterocycles. The van der Waals surface area contributed by atoms with Gasteiger partial charge in [-0.3, -0.25) is 9.78 Å². The number of carbonyl (C=O) groups excluding carboxylic acids is 1. The molecule has 0 saturated carbocycles. The van der Waals surface area contributed by atoms with Crippen molar-refractivity contribution in [1.82, 2.24) is 4.98 Å². The Balaban J connectivity index is 1.69. The van der Waals surface area contributed by atoms with Gasteiger partial charge in [0.05, 0.1) is 24.7 Å². The van der Waals surface area contributed by atoms with E-state index < -0.39 is 5.91 Å². The van der Waals surface area contributed by atoms with Crippen LogP contribution in [0.25, 0.3) is 0 Å². The third-order valence-corrected chi connectivity index (χ3v) is 3.67. The van der Waals surface area contributed by atoms with Crippen molar-refractivity contribution in [1.29, 1.82) is 0 Å². The normalized spacial score (nSPS) is 10.3. The summed E-state index contributed by atoms with van der Waals surface area (Å²) in [7, 11) is 1.56. The Hall–Kier alpha value is -3.81. The number of aromatic hydroxyl groups is 1. The largest absolute Gasteiger partial charge is 0.619 e. The molecule has 8 nitrogen and oxygen atoms in total. The predicted molar refractivity (Wildman–Crippen MR) is 96.6 cm³/mol. The first-order valence-corrected chi connectivity index (χ1v) is 8.00. The quantitative estimate of drug-likeness (QED) is 0.393. The van der Waals surface area contributed by atoms with Crippen LogP contribution < -0.4 is 19.5 Å². The van der Waals surface area contributed by atoms with E-state index >= 15 is 0 Å². The standard InChI is InChI=1S/C19H17N3O5/c1-26-16-5-4-14(20-10-16)12-27-15-6-7-18(23)17(9-15)21-19(24)13-3-2-8-22(25)11-13/h2-11,23H,12H2,1H3,(H,21,24). The van der Waals surface area contributed by atoms with E-state index in [1.54, 1.807) is 31.5 Å². The van der Waals surface area contributed by atoms with Crippen LogP contribution in [0.15, 0.2) is 61.1 Å². The van der Waals surface area contributed by atoms with Crippen molar-refractivity contribution in [3.05, 3.63) is 77.5 Å². The van der Waals surface area contributed by atoms with Crippen LogP contribution in [0, 0.1) is 5.21 Å². The van der Waals surface area contributed by atoms with Crippen LogP contribution in [0.1, 0.15) is 16.1 Å². The van der Waals surface area contributed by atoms with E-state index in [1.807, 2.05) is 0 Å². The van der Waals surface area contributed by atoms with Gasteiger partial charge in [0, 0.05) is 12.1 Å². The Morgan fingerprint density at radius 1 is 1.26 bits per heavy atom. The molecule has 3 aromatic rings. The zero-order valence-corrected chi connectivity index (χ0v) is 14.5. The summed E-state index contributed by atoms with van der Waals surface area (Å²) in [6.07, 6.45) is 4.00. The lowest BCUT2D eigenvalue weighted by Crippen LogP contribution is -2.27. The number of phenols is 1. The number of phenolic OH excluding ortho intramolecular Hbond substituents is 1. The number of rotatable bonds is 6. The third kappa shape index (κ3) is 4.63. The van der Waals surface area contributed by atoms with Gasteiger partial charge in [-0.15, -0.1) is 0 Å². The van der Waals surface area contributed by atoms with E-state index in [1.165, 1.54) is 30.5 Å². The second kappa shape index (κ2) is 8.05. The summed E-state index contributed by atoms with van der Waals surface area (Å²) in [5.41, 5.74) is 1.03. The van der Waals surface area contributed by atoms with Gasteiger partial charge < -0.3 is 25.1 Å². The summed E-state index contributed by atoms with van der Waals surface area (Å²) in [6.45, 7) is 0.205. The minimum atomic E-state index is -0.524. The first-order chi connectivity index (χ1) is 13.0. The highest BCUT2D eigenvalue weighted by molar-refractivity contribution is 6.04. The van der Waals surface area contributed by atoms with Crippen molar-refractivity contribution in [2.45, 2.75) is 6.61 Å². The fourth-order valence-corrected chi connectivity index (χ4v) is 2.26. The molecule has 27 heavy (non-hydrogen) atoms. The monoisotopic (exact) mass is 367 g/mol. The molecule has 0 radical (unpaired) electrons. The maximum Gasteiger partial charge on any atom is 0.261 e. The predicted octanol–water partition coefficient (Wildman–Crippen LogP) is 2.26. The summed E-state index contributed by atoms with van der Waals surface area (Å²) in [4.78, 5) is 16.4. The van der Waals surface area contributed by atoms with E-state index in [0.717, 1.165) is 6.20 Å². The van der Waals surface area contributed by atoms with Gasteiger partial charge in [-0.1, -0.05) is 0 Å². The molecule has 0 bridgehead atoms. The van der Waals surface area contributed by atoms with Crippen LogP contribution >= 0.6 is 0 Å². The van der Waals surface area contributed by atoms with Crippen LogP contribution in [0.3, 0.4) is 0 Å². The molecule has 0 atom stereocenters. The summed E-state index contributed by atoms with van der Waals surface area (Å²) in [5, 5.41) is 23.8. The minimum Gasteiger partial charge on any atom is -0.619 e. The van der Waals surface area contributed by atoms with Crippen LogP contribution in [0.2, 0.25) is 0 Å². The Labute approximate surface area is 155 Å². The Morgan fingerprint density at radius 2 is 2.07 bits per heavy atom. The van der Waals surface area contributed by atoms with Gasteiger partial charge in [-0.05, 0) is 30.3 Å². The lowest BCUT2D eigenvalue weighted by Gasteiger charge is -2.11. The molecule has 0 spiro atoms. The number of pyridine rings is 2. The first-order valence-electron chi connectivity index (χ1n) is 8.00. The Kier molecular flexibility index (Phi) is 5.36. The number of nitrogens with zero attached hydrogens (tertiary/aromatic N) is 2. The molecule has 0 fully saturated rings. The molecule has 0 aliphatic carbocycles. The molecule has 2 N–H and O–H groups in total. The molecule has 0 unspecified atom stereocenters. The Morgan fingerprint density at radius 3 is 2.78 bits per heavy atom. The summed E-state index contributed by atoms with van der Waals surface area (Å²) in [6, 6.07) is 11.0. The average molecular weight is 367 g/mol. The number of nitrogens with one attached hydrogen (secondary N) is 1. The van der Waals surface area contributed by atoms with Crippen LogP contribution in [0.5, 0.6) is 17.2 Å². The van der Waals surface area contributed by atoms with E-state index in [2.05, 4.69) is 10.3 Å². The molecule has 2 heterocycles. The highest BCUT2D eigenvalue weighted by atomic mass is 16.5. The minimum absolute atomic E-state index is 0.121. The SMILES string of the molecule is COc1ccc(COc2ccc(O)c(NC(=O)c3ccc[n+]([O-])c3)c2)nc1. The third-order valence-electron chi connectivity index (χ3n) is 3.67. The highest BCUT2D eigenvalue weighted by Gasteiger charge is 2.12. The number of carbonyl (C=O) groups is 1. The molecule has 8 heteroatoms. The van der Waals surface area contributed by atoms with Crippen molar-refractivity contribution in [3.8, 4) is 17.2 Å². The second-order valence-corrected chi connectivity index (χ2v) is 5.56. The second-order valence-electron chi connectivity index (χ2n) is 5.56. The fourth-order valence-electron chi connectivity index (χ4n) is 2.26. The zero-order valence-electron chi connectivity index (χ0n) is 14.5. The molecule has 0 aliphatic rings. The van der Waals surface area contributed by atoms with Gasteiger partial charge in [0.1, 0.15) is 29.4 Å². The van der Waals surface area contributed by atoms with E-state index in [4.69, 9.17) is 9.47 Å². The molecule has 1 aromatic carbocycles. The number of aromatic nitrogens is 2. The molecular formula is C19H17N3O5. The van der Waals surface area contributed by atoms with Gasteiger partial charge in [-0.25, -0.2) is 0 Å². The van der Waals surface area contributed by atoms with E-state index in [-0.39, 0.29) is 23.6 Å². The zero-order chi connectivity index (χ0) is 19.2. The van der Waals surface area contributed by atoms with Gasteiger partial charge in [0.25, 0.3) is 5.91 Å². The average Bonchev–Trinajstić information content (AvgIpc) is 2.69. The van der Waals surface area contributed by atoms with Crippen molar-refractivity contribution < 1.29 is 24.1 Å². The highest BCUT2D eigenvalue weighted by Crippen LogP contribution is 2.28. The van der Waals surface area contributed by atoms with Crippen LogP contribution in [-0.2, 0) is 6.61 Å². The number of anilines is 1. The number of benzene rings is 1. The molecule has 3 rings (SSSR count). The maximum atomic E-state index is 12.2. The van der Waals surface area contributed by atoms with E-state index in [9.17, 15) is 15.1 Å². The summed E-state index contributed by atoms with van der Waals surface area (Å²) >= 11 is 0. The van der Waals surface area contributed by atoms with E-state index in [0.29, 0.717) is 21.9 Å². The molecular weight excluding hydrogens is 350 g/mol. The summed E-state index contributed by atoms with van der Waals surface area (Å²) in [5.74, 6) is 0.440. The lowest BCUT2D eigenvalue weighted by molar-refractivity contribution is -0.605. The lowest BCUT2D eigenvalue weighted by atomic mass is 10.2. The summed E-state index contributed by atoms with van der Waals surface area (Å²) < 4.78 is 11.2. The molecule has 2 aromatic heterocycles. The number of methoxy groups -OCH3 is 1. The van der Waals surface area contributed by atoms with Crippen molar-refractivity contribution >= 4 is 11.6 Å². The van der Waals surface area contributed by atoms with Crippen LogP contribution in [-0.4, -0.2) is 23.1 Å². The van der Waals surface area contributed by atoms with Crippen molar-refractivity contribution in [3.63, 3.8) is 0 Å². The molecule has 1 amide bonds. The number of hydrogen-bond acceptors (Lipinski definition) is 6. The number of amides is 1. The van der Waals surface area contributed by atoms with Gasteiger partial charge in [0.2, 0.25) is 0 Å². The topological polar surface area (TPSA) is 108 Å². The fraction of sp³-hybridized carbons (Fsp3) is 0.105. The van der Waals surface area contributed by atoms with Crippen molar-refractivity contribution in [2.24, 2.45) is 0 Å². The van der Waals surface area contributed by atoms with Gasteiger partial charge in [0.15, 0.2) is 12.4 Å². The smallest absolute Gasteiger partial charge is 0.261 e. The van der Waals surface area contributed by atoms with Crippen LogP contribution in [0.4, 0.5) is 5.69 Å². The molecule has 138 valence electrons. The number of ether oxygens (including phenoxy) is 2. The number of hydrogen-bond donors (Lipinski definition) is 2. The first kappa shape index (κ1) is 18.0. The maximum absolute atomic E-state index is 12.2. The molecule has 0 aliphatic heterocycles. The van der Waals surface area contributed by atoms with Gasteiger partial charge >= 0.3 is 0 Å².